The van der Waals surface area contributed by atoms with Crippen molar-refractivity contribution in [3.8, 4) is 5.69 Å². The molecule has 4 aromatic rings. The van der Waals surface area contributed by atoms with Crippen LogP contribution in [-0.4, -0.2) is 16.3 Å². The number of fused-ring (bicyclic) bond motifs is 1. The normalized spacial score (nSPS) is 12.8. The maximum absolute atomic E-state index is 6.49. The van der Waals surface area contributed by atoms with E-state index < -0.39 is 0 Å². The Morgan fingerprint density at radius 3 is 2.07 bits per heavy atom. The average Bonchev–Trinajstić information content (AvgIpc) is 3.34. The molecular formula is C24H20ClN3. The van der Waals surface area contributed by atoms with E-state index in [1.165, 1.54) is 16.7 Å². The molecule has 3 nitrogen and oxygen atoms in total. The lowest BCUT2D eigenvalue weighted by Crippen LogP contribution is -2.09. The first-order valence-corrected chi connectivity index (χ1v) is 9.91. The first-order valence-electron chi connectivity index (χ1n) is 9.53. The van der Waals surface area contributed by atoms with Crippen LogP contribution in [0.15, 0.2) is 84.9 Å². The number of hydrogen-bond donors (Lipinski definition) is 1. The molecule has 1 aliphatic rings. The minimum Gasteiger partial charge on any atom is -0.369 e. The number of halogens is 1. The highest BCUT2D eigenvalue weighted by atomic mass is 35.5. The molecule has 28 heavy (non-hydrogen) atoms. The highest BCUT2D eigenvalue weighted by Gasteiger charge is 2.30. The Kier molecular flexibility index (Phi) is 4.38. The smallest absolute Gasteiger partial charge is 0.133 e. The molecule has 0 fully saturated rings. The van der Waals surface area contributed by atoms with Gasteiger partial charge in [-0.05, 0) is 29.7 Å². The van der Waals surface area contributed by atoms with E-state index in [-0.39, 0.29) is 5.92 Å². The van der Waals surface area contributed by atoms with Gasteiger partial charge in [0, 0.05) is 12.1 Å². The summed E-state index contributed by atoms with van der Waals surface area (Å²) in [5.41, 5.74) is 5.76. The van der Waals surface area contributed by atoms with Crippen LogP contribution in [0.1, 0.15) is 28.3 Å². The van der Waals surface area contributed by atoms with Crippen molar-refractivity contribution in [3.63, 3.8) is 0 Å². The molecule has 1 N–H and O–H groups in total. The van der Waals surface area contributed by atoms with E-state index in [4.69, 9.17) is 16.7 Å². The predicted molar refractivity (Wildman–Crippen MR) is 115 cm³/mol. The van der Waals surface area contributed by atoms with Gasteiger partial charge in [-0.25, -0.2) is 4.68 Å². The molecular weight excluding hydrogens is 366 g/mol. The maximum atomic E-state index is 6.49. The van der Waals surface area contributed by atoms with E-state index in [0.717, 1.165) is 30.2 Å². The first kappa shape index (κ1) is 17.1. The van der Waals surface area contributed by atoms with E-state index in [2.05, 4.69) is 66.0 Å². The Hall–Kier alpha value is -3.04. The zero-order valence-electron chi connectivity index (χ0n) is 15.3. The summed E-state index contributed by atoms with van der Waals surface area (Å²) in [6.45, 7) is 0.918. The second-order valence-corrected chi connectivity index (χ2v) is 7.41. The zero-order valence-corrected chi connectivity index (χ0v) is 16.1. The van der Waals surface area contributed by atoms with Gasteiger partial charge in [0.1, 0.15) is 5.82 Å². The lowest BCUT2D eigenvalue weighted by Gasteiger charge is -2.17. The van der Waals surface area contributed by atoms with Gasteiger partial charge in [-0.1, -0.05) is 84.4 Å². The van der Waals surface area contributed by atoms with Crippen molar-refractivity contribution in [2.45, 2.75) is 12.3 Å². The largest absolute Gasteiger partial charge is 0.369 e. The molecule has 0 saturated carbocycles. The van der Waals surface area contributed by atoms with Crippen molar-refractivity contribution in [3.05, 3.63) is 112 Å². The Balaban J connectivity index is 1.73. The van der Waals surface area contributed by atoms with Crippen LogP contribution < -0.4 is 5.32 Å². The quantitative estimate of drug-likeness (QED) is 0.490. The number of rotatable bonds is 4. The van der Waals surface area contributed by atoms with Crippen LogP contribution in [0.4, 0.5) is 5.82 Å². The summed E-state index contributed by atoms with van der Waals surface area (Å²) < 4.78 is 1.97. The Bertz CT molecular complexity index is 1060. The lowest BCUT2D eigenvalue weighted by atomic mass is 9.86. The Morgan fingerprint density at radius 1 is 0.821 bits per heavy atom. The summed E-state index contributed by atoms with van der Waals surface area (Å²) in [6.07, 6.45) is 0.964. The van der Waals surface area contributed by atoms with Gasteiger partial charge in [0.05, 0.1) is 22.3 Å². The van der Waals surface area contributed by atoms with Gasteiger partial charge >= 0.3 is 0 Å². The number of para-hydroxylation sites is 1. The number of anilines is 1. The number of aromatic nitrogens is 2. The van der Waals surface area contributed by atoms with E-state index in [9.17, 15) is 0 Å². The molecule has 0 radical (unpaired) electrons. The molecule has 1 aromatic heterocycles. The van der Waals surface area contributed by atoms with Crippen molar-refractivity contribution >= 4 is 17.4 Å². The van der Waals surface area contributed by atoms with Crippen molar-refractivity contribution in [1.82, 2.24) is 9.78 Å². The fourth-order valence-corrected chi connectivity index (χ4v) is 4.25. The Labute approximate surface area is 169 Å². The van der Waals surface area contributed by atoms with E-state index in [0.29, 0.717) is 5.02 Å². The minimum atomic E-state index is 0.0831. The molecule has 0 bridgehead atoms. The molecule has 2 heterocycles. The number of nitrogens with one attached hydrogen (secondary N) is 1. The van der Waals surface area contributed by atoms with Gasteiger partial charge < -0.3 is 5.32 Å². The summed E-state index contributed by atoms with van der Waals surface area (Å²) in [7, 11) is 0. The third kappa shape index (κ3) is 2.88. The van der Waals surface area contributed by atoms with Crippen LogP contribution >= 0.6 is 11.6 Å². The highest BCUT2D eigenvalue weighted by Crippen LogP contribution is 2.39. The topological polar surface area (TPSA) is 29.9 Å². The minimum absolute atomic E-state index is 0.0831. The third-order valence-corrected chi connectivity index (χ3v) is 5.62. The molecule has 0 amide bonds. The summed E-state index contributed by atoms with van der Waals surface area (Å²) in [4.78, 5) is 0. The van der Waals surface area contributed by atoms with Gasteiger partial charge in [0.25, 0.3) is 0 Å². The number of benzene rings is 3. The molecule has 1 aliphatic heterocycles. The van der Waals surface area contributed by atoms with Crippen molar-refractivity contribution in [2.75, 3.05) is 11.9 Å². The molecule has 0 atom stereocenters. The molecule has 0 saturated heterocycles. The van der Waals surface area contributed by atoms with Crippen molar-refractivity contribution < 1.29 is 0 Å². The maximum Gasteiger partial charge on any atom is 0.133 e. The summed E-state index contributed by atoms with van der Waals surface area (Å²) in [6, 6.07) is 29.1. The van der Waals surface area contributed by atoms with Gasteiger partial charge in [0.2, 0.25) is 0 Å². The molecule has 3 aromatic carbocycles. The molecule has 138 valence electrons. The summed E-state index contributed by atoms with van der Waals surface area (Å²) in [5, 5.41) is 9.30. The van der Waals surface area contributed by atoms with E-state index in [1.54, 1.807) is 0 Å². The molecule has 0 aliphatic carbocycles. The first-order chi connectivity index (χ1) is 13.8. The van der Waals surface area contributed by atoms with Crippen LogP contribution in [0.5, 0.6) is 0 Å². The summed E-state index contributed by atoms with van der Waals surface area (Å²) >= 11 is 6.49. The lowest BCUT2D eigenvalue weighted by molar-refractivity contribution is 0.802. The monoisotopic (exact) mass is 385 g/mol. The molecule has 5 rings (SSSR count). The number of nitrogens with zero attached hydrogens (tertiary/aromatic N) is 2. The second kappa shape index (κ2) is 7.17. The van der Waals surface area contributed by atoms with Gasteiger partial charge in [0.15, 0.2) is 0 Å². The van der Waals surface area contributed by atoms with Crippen molar-refractivity contribution in [2.24, 2.45) is 0 Å². The van der Waals surface area contributed by atoms with E-state index >= 15 is 0 Å². The molecule has 0 unspecified atom stereocenters. The third-order valence-electron chi connectivity index (χ3n) is 5.30. The standard InChI is InChI=1S/C24H20ClN3/c25-20-13-7-8-14-21(20)28-24-19(15-16-26-24)23(27-28)22(17-9-3-1-4-10-17)18-11-5-2-6-12-18/h1-14,22,26H,15-16H2. The van der Waals surface area contributed by atoms with Crippen LogP contribution in [0.25, 0.3) is 5.69 Å². The highest BCUT2D eigenvalue weighted by molar-refractivity contribution is 6.32. The van der Waals surface area contributed by atoms with Gasteiger partial charge in [-0.15, -0.1) is 0 Å². The molecule has 0 spiro atoms. The Morgan fingerprint density at radius 2 is 1.43 bits per heavy atom. The molecule has 4 heteroatoms. The SMILES string of the molecule is Clc1ccccc1-n1nc(C(c2ccccc2)c2ccccc2)c2c1NCC2. The van der Waals surface area contributed by atoms with Gasteiger partial charge in [-0.3, -0.25) is 0 Å². The van der Waals surface area contributed by atoms with E-state index in [1.807, 2.05) is 28.9 Å². The van der Waals surface area contributed by atoms with Crippen molar-refractivity contribution in [1.29, 1.82) is 0 Å². The fourth-order valence-electron chi connectivity index (χ4n) is 4.03. The van der Waals surface area contributed by atoms with Gasteiger partial charge in [-0.2, -0.15) is 5.10 Å². The average molecular weight is 386 g/mol. The van der Waals surface area contributed by atoms with Crippen LogP contribution in [0.3, 0.4) is 0 Å². The fraction of sp³-hybridized carbons (Fsp3) is 0.125. The van der Waals surface area contributed by atoms with Crippen LogP contribution in [-0.2, 0) is 6.42 Å². The predicted octanol–water partition coefficient (Wildman–Crippen LogP) is 5.67. The zero-order chi connectivity index (χ0) is 18.9. The van der Waals surface area contributed by atoms with Crippen LogP contribution in [0.2, 0.25) is 5.02 Å². The summed E-state index contributed by atoms with van der Waals surface area (Å²) in [5.74, 6) is 1.14. The number of hydrogen-bond acceptors (Lipinski definition) is 2. The second-order valence-electron chi connectivity index (χ2n) is 7.01. The van der Waals surface area contributed by atoms with Crippen LogP contribution in [0, 0.1) is 0 Å².